The summed E-state index contributed by atoms with van der Waals surface area (Å²) in [7, 11) is 1.94. The fourth-order valence-corrected chi connectivity index (χ4v) is 2.23. The summed E-state index contributed by atoms with van der Waals surface area (Å²) in [6.07, 6.45) is 2.59. The monoisotopic (exact) mass is 169 g/mol. The molecule has 0 saturated carbocycles. The van der Waals surface area contributed by atoms with Crippen LogP contribution in [0.1, 0.15) is 12.8 Å². The van der Waals surface area contributed by atoms with Gasteiger partial charge in [-0.25, -0.2) is 0 Å². The predicted octanol–water partition coefficient (Wildman–Crippen LogP) is 1.35. The van der Waals surface area contributed by atoms with Gasteiger partial charge in [0.1, 0.15) is 0 Å². The number of hydrogen-bond donors (Lipinski definition) is 1. The Bertz CT molecular complexity index is 151. The lowest BCUT2D eigenvalue weighted by Crippen LogP contribution is -2.09. The van der Waals surface area contributed by atoms with Gasteiger partial charge < -0.3 is 5.32 Å². The zero-order valence-electron chi connectivity index (χ0n) is 7.02. The summed E-state index contributed by atoms with van der Waals surface area (Å²) in [6.45, 7) is 0.837. The molecule has 1 aliphatic rings. The average Bonchev–Trinajstić information content (AvgIpc) is 2.07. The van der Waals surface area contributed by atoms with Crippen molar-refractivity contribution in [3.63, 3.8) is 0 Å². The first-order chi connectivity index (χ1) is 5.43. The summed E-state index contributed by atoms with van der Waals surface area (Å²) in [5.41, 5.74) is 0. The summed E-state index contributed by atoms with van der Waals surface area (Å²) in [4.78, 5) is 0. The van der Waals surface area contributed by atoms with E-state index in [0.717, 1.165) is 6.54 Å². The van der Waals surface area contributed by atoms with Crippen molar-refractivity contribution in [3.05, 3.63) is 0 Å². The number of hydrogen-bond acceptors (Lipinski definition) is 2. The van der Waals surface area contributed by atoms with Gasteiger partial charge in [-0.2, -0.15) is 11.8 Å². The molecule has 1 rings (SSSR count). The average molecular weight is 169 g/mol. The number of nitrogens with one attached hydrogen (secondary N) is 1. The molecule has 0 aliphatic carbocycles. The quantitative estimate of drug-likeness (QED) is 0.595. The van der Waals surface area contributed by atoms with Crippen molar-refractivity contribution < 1.29 is 0 Å². The van der Waals surface area contributed by atoms with E-state index in [1.807, 2.05) is 7.05 Å². The fraction of sp³-hybridized carbons (Fsp3) is 0.778. The van der Waals surface area contributed by atoms with Crippen molar-refractivity contribution >= 4 is 11.8 Å². The first-order valence-corrected chi connectivity index (χ1v) is 5.29. The van der Waals surface area contributed by atoms with E-state index in [0.29, 0.717) is 5.92 Å². The highest BCUT2D eigenvalue weighted by molar-refractivity contribution is 7.99. The van der Waals surface area contributed by atoms with Crippen LogP contribution in [-0.2, 0) is 0 Å². The summed E-state index contributed by atoms with van der Waals surface area (Å²) in [5, 5.41) is 3.03. The van der Waals surface area contributed by atoms with Gasteiger partial charge in [-0.1, -0.05) is 11.8 Å². The predicted molar refractivity (Wildman–Crippen MR) is 51.8 cm³/mol. The Hall–Kier alpha value is -0.130. The van der Waals surface area contributed by atoms with Gasteiger partial charge in [-0.3, -0.25) is 0 Å². The van der Waals surface area contributed by atoms with Crippen LogP contribution in [0.25, 0.3) is 0 Å². The topological polar surface area (TPSA) is 12.0 Å². The summed E-state index contributed by atoms with van der Waals surface area (Å²) in [5.74, 6) is 9.72. The first-order valence-electron chi connectivity index (χ1n) is 4.14. The van der Waals surface area contributed by atoms with Crippen molar-refractivity contribution in [2.75, 3.05) is 25.1 Å². The summed E-state index contributed by atoms with van der Waals surface area (Å²) < 4.78 is 0. The Kier molecular flexibility index (Phi) is 4.49. The molecule has 0 aromatic carbocycles. The van der Waals surface area contributed by atoms with E-state index in [1.165, 1.54) is 24.3 Å². The zero-order chi connectivity index (χ0) is 7.94. The van der Waals surface area contributed by atoms with Crippen molar-refractivity contribution in [1.29, 1.82) is 0 Å². The normalized spacial score (nSPS) is 19.0. The second-order valence-corrected chi connectivity index (χ2v) is 3.96. The smallest absolute Gasteiger partial charge is 0.0574 e. The molecular formula is C9H15NS. The fourth-order valence-electron chi connectivity index (χ4n) is 1.13. The molecular weight excluding hydrogens is 154 g/mol. The Labute approximate surface area is 73.3 Å². The lowest BCUT2D eigenvalue weighted by atomic mass is 10.0. The largest absolute Gasteiger partial charge is 0.309 e. The highest BCUT2D eigenvalue weighted by Crippen LogP contribution is 2.21. The van der Waals surface area contributed by atoms with Crippen LogP contribution >= 0.6 is 11.8 Å². The standard InChI is InChI=1S/C9H15NS/c1-10-6-2-3-9-4-7-11-8-5-9/h9-10H,4-8H2,1H3. The molecule has 1 saturated heterocycles. The van der Waals surface area contributed by atoms with Crippen LogP contribution in [-0.4, -0.2) is 25.1 Å². The lowest BCUT2D eigenvalue weighted by Gasteiger charge is -2.15. The van der Waals surface area contributed by atoms with E-state index >= 15 is 0 Å². The molecule has 2 heteroatoms. The molecule has 0 radical (unpaired) electrons. The van der Waals surface area contributed by atoms with Gasteiger partial charge in [-0.15, -0.1) is 0 Å². The second-order valence-electron chi connectivity index (χ2n) is 2.74. The minimum absolute atomic E-state index is 0.685. The molecule has 1 N–H and O–H groups in total. The minimum Gasteiger partial charge on any atom is -0.309 e. The molecule has 0 bridgehead atoms. The number of rotatable bonds is 1. The van der Waals surface area contributed by atoms with Crippen LogP contribution in [0.4, 0.5) is 0 Å². The molecule has 0 amide bonds. The van der Waals surface area contributed by atoms with Gasteiger partial charge in [-0.05, 0) is 31.4 Å². The van der Waals surface area contributed by atoms with Crippen LogP contribution in [0.15, 0.2) is 0 Å². The molecule has 0 atom stereocenters. The summed E-state index contributed by atoms with van der Waals surface area (Å²) >= 11 is 2.05. The van der Waals surface area contributed by atoms with Crippen molar-refractivity contribution in [2.45, 2.75) is 12.8 Å². The molecule has 0 aromatic rings. The van der Waals surface area contributed by atoms with Crippen LogP contribution < -0.4 is 5.32 Å². The SMILES string of the molecule is CNCC#CC1CCSCC1. The van der Waals surface area contributed by atoms with E-state index in [1.54, 1.807) is 0 Å². The highest BCUT2D eigenvalue weighted by Gasteiger charge is 2.09. The molecule has 1 nitrogen and oxygen atoms in total. The van der Waals surface area contributed by atoms with Crippen LogP contribution in [0.3, 0.4) is 0 Å². The van der Waals surface area contributed by atoms with Crippen LogP contribution in [0, 0.1) is 17.8 Å². The van der Waals surface area contributed by atoms with E-state index < -0.39 is 0 Å². The maximum Gasteiger partial charge on any atom is 0.0574 e. The third-order valence-electron chi connectivity index (χ3n) is 1.79. The summed E-state index contributed by atoms with van der Waals surface area (Å²) in [6, 6.07) is 0. The van der Waals surface area contributed by atoms with E-state index in [-0.39, 0.29) is 0 Å². The maximum atomic E-state index is 3.30. The molecule has 0 unspecified atom stereocenters. The van der Waals surface area contributed by atoms with E-state index in [9.17, 15) is 0 Å². The molecule has 0 spiro atoms. The first kappa shape index (κ1) is 8.96. The Morgan fingerprint density at radius 2 is 2.18 bits per heavy atom. The third-order valence-corrected chi connectivity index (χ3v) is 2.84. The molecule has 1 aliphatic heterocycles. The van der Waals surface area contributed by atoms with Crippen LogP contribution in [0.2, 0.25) is 0 Å². The Morgan fingerprint density at radius 1 is 1.45 bits per heavy atom. The molecule has 11 heavy (non-hydrogen) atoms. The van der Waals surface area contributed by atoms with Gasteiger partial charge in [0.15, 0.2) is 0 Å². The number of thioether (sulfide) groups is 1. The van der Waals surface area contributed by atoms with Crippen molar-refractivity contribution in [3.8, 4) is 11.8 Å². The molecule has 0 aromatic heterocycles. The maximum absolute atomic E-state index is 3.30. The van der Waals surface area contributed by atoms with E-state index in [4.69, 9.17) is 0 Å². The van der Waals surface area contributed by atoms with E-state index in [2.05, 4.69) is 28.9 Å². The molecule has 1 fully saturated rings. The minimum atomic E-state index is 0.685. The van der Waals surface area contributed by atoms with Crippen molar-refractivity contribution in [1.82, 2.24) is 5.32 Å². The Balaban J connectivity index is 2.19. The Morgan fingerprint density at radius 3 is 2.82 bits per heavy atom. The van der Waals surface area contributed by atoms with Gasteiger partial charge >= 0.3 is 0 Å². The van der Waals surface area contributed by atoms with Gasteiger partial charge in [0.25, 0.3) is 0 Å². The molecule has 1 heterocycles. The highest BCUT2D eigenvalue weighted by atomic mass is 32.2. The zero-order valence-corrected chi connectivity index (χ0v) is 7.84. The lowest BCUT2D eigenvalue weighted by molar-refractivity contribution is 0.622. The third kappa shape index (κ3) is 3.69. The molecule has 62 valence electrons. The van der Waals surface area contributed by atoms with Crippen molar-refractivity contribution in [2.24, 2.45) is 5.92 Å². The van der Waals surface area contributed by atoms with Gasteiger partial charge in [0.2, 0.25) is 0 Å². The van der Waals surface area contributed by atoms with Gasteiger partial charge in [0.05, 0.1) is 6.54 Å². The second kappa shape index (κ2) is 5.51. The van der Waals surface area contributed by atoms with Crippen LogP contribution in [0.5, 0.6) is 0 Å². The van der Waals surface area contributed by atoms with Gasteiger partial charge in [0, 0.05) is 5.92 Å².